The Morgan fingerprint density at radius 2 is 1.94 bits per heavy atom. The highest BCUT2D eigenvalue weighted by Gasteiger charge is 2.44. The van der Waals surface area contributed by atoms with Crippen molar-refractivity contribution in [2.24, 2.45) is 5.92 Å². The predicted octanol–water partition coefficient (Wildman–Crippen LogP) is 1.53. The molecule has 2 amide bonds. The molecule has 0 aromatic rings. The summed E-state index contributed by atoms with van der Waals surface area (Å²) in [6.45, 7) is 1.70. The summed E-state index contributed by atoms with van der Waals surface area (Å²) in [7, 11) is 0. The average Bonchev–Trinajstić information content (AvgIpc) is 2.95. The summed E-state index contributed by atoms with van der Waals surface area (Å²) in [4.78, 5) is 27.2. The van der Waals surface area contributed by atoms with Gasteiger partial charge in [-0.15, -0.1) is 0 Å². The molecule has 0 bridgehead atoms. The van der Waals surface area contributed by atoms with E-state index < -0.39 is 5.97 Å². The van der Waals surface area contributed by atoms with Gasteiger partial charge in [-0.3, -0.25) is 4.79 Å². The lowest BCUT2D eigenvalue weighted by Crippen LogP contribution is -2.40. The molecule has 100 valence electrons. The van der Waals surface area contributed by atoms with Gasteiger partial charge >= 0.3 is 12.0 Å². The second-order valence-electron chi connectivity index (χ2n) is 5.78. The lowest BCUT2D eigenvalue weighted by Gasteiger charge is -2.27. The third-order valence-corrected chi connectivity index (χ3v) is 4.72. The van der Waals surface area contributed by atoms with E-state index in [0.29, 0.717) is 18.9 Å². The number of carbonyl (C=O) groups excluding carboxylic acids is 1. The van der Waals surface area contributed by atoms with E-state index in [0.717, 1.165) is 32.4 Å². The van der Waals surface area contributed by atoms with Crippen LogP contribution in [0.15, 0.2) is 0 Å². The predicted molar refractivity (Wildman–Crippen MR) is 65.2 cm³/mol. The summed E-state index contributed by atoms with van der Waals surface area (Å²) in [5.41, 5.74) is 0. The van der Waals surface area contributed by atoms with Gasteiger partial charge in [0.2, 0.25) is 0 Å². The molecule has 3 atom stereocenters. The van der Waals surface area contributed by atoms with Gasteiger partial charge in [-0.2, -0.15) is 0 Å². The van der Waals surface area contributed by atoms with E-state index >= 15 is 0 Å². The number of piperidine rings is 1. The number of hydrogen-bond donors (Lipinski definition) is 1. The van der Waals surface area contributed by atoms with Gasteiger partial charge in [-0.25, -0.2) is 4.79 Å². The SMILES string of the molecule is O=C(O)C1CCC(N2C[C@@H]3CCCCN3C2=O)C1. The van der Waals surface area contributed by atoms with Crippen molar-refractivity contribution in [1.29, 1.82) is 0 Å². The van der Waals surface area contributed by atoms with E-state index in [4.69, 9.17) is 5.11 Å². The molecule has 1 N–H and O–H groups in total. The number of rotatable bonds is 2. The zero-order chi connectivity index (χ0) is 12.7. The summed E-state index contributed by atoms with van der Waals surface area (Å²) in [6.07, 6.45) is 5.64. The van der Waals surface area contributed by atoms with E-state index in [9.17, 15) is 9.59 Å². The number of amides is 2. The Morgan fingerprint density at radius 1 is 1.11 bits per heavy atom. The molecule has 5 heteroatoms. The average molecular weight is 252 g/mol. The van der Waals surface area contributed by atoms with E-state index in [1.807, 2.05) is 9.80 Å². The minimum Gasteiger partial charge on any atom is -0.481 e. The van der Waals surface area contributed by atoms with Crippen LogP contribution in [-0.2, 0) is 4.79 Å². The van der Waals surface area contributed by atoms with Crippen LogP contribution in [0.1, 0.15) is 38.5 Å². The minimum atomic E-state index is -0.707. The molecular weight excluding hydrogens is 232 g/mol. The van der Waals surface area contributed by atoms with Crippen LogP contribution in [0.5, 0.6) is 0 Å². The summed E-state index contributed by atoms with van der Waals surface area (Å²) in [6, 6.07) is 0.690. The summed E-state index contributed by atoms with van der Waals surface area (Å²) < 4.78 is 0. The highest BCUT2D eigenvalue weighted by atomic mass is 16.4. The summed E-state index contributed by atoms with van der Waals surface area (Å²) in [5.74, 6) is -0.956. The Labute approximate surface area is 107 Å². The molecule has 3 aliphatic rings. The number of hydrogen-bond acceptors (Lipinski definition) is 2. The zero-order valence-electron chi connectivity index (χ0n) is 10.5. The van der Waals surface area contributed by atoms with Gasteiger partial charge in [-0.1, -0.05) is 0 Å². The molecule has 18 heavy (non-hydrogen) atoms. The maximum atomic E-state index is 12.3. The smallest absolute Gasteiger partial charge is 0.320 e. The van der Waals surface area contributed by atoms with Crippen LogP contribution in [0.3, 0.4) is 0 Å². The van der Waals surface area contributed by atoms with E-state index in [1.54, 1.807) is 0 Å². The number of carbonyl (C=O) groups is 2. The Morgan fingerprint density at radius 3 is 2.61 bits per heavy atom. The topological polar surface area (TPSA) is 60.9 Å². The van der Waals surface area contributed by atoms with Crippen molar-refractivity contribution >= 4 is 12.0 Å². The quantitative estimate of drug-likeness (QED) is 0.810. The highest BCUT2D eigenvalue weighted by Crippen LogP contribution is 2.34. The number of fused-ring (bicyclic) bond motifs is 1. The Bertz CT molecular complexity index is 371. The molecule has 0 spiro atoms. The molecule has 1 aliphatic carbocycles. The number of nitrogens with zero attached hydrogens (tertiary/aromatic N) is 2. The molecule has 0 radical (unpaired) electrons. The molecule has 3 rings (SSSR count). The van der Waals surface area contributed by atoms with Gasteiger partial charge in [0, 0.05) is 19.1 Å². The van der Waals surface area contributed by atoms with Gasteiger partial charge in [-0.05, 0) is 38.5 Å². The molecule has 5 nitrogen and oxygen atoms in total. The molecular formula is C13H20N2O3. The molecule has 0 aromatic heterocycles. The van der Waals surface area contributed by atoms with Gasteiger partial charge in [0.1, 0.15) is 0 Å². The zero-order valence-corrected chi connectivity index (χ0v) is 10.5. The molecule has 2 unspecified atom stereocenters. The van der Waals surface area contributed by atoms with Gasteiger partial charge in [0.25, 0.3) is 0 Å². The Balaban J connectivity index is 1.67. The molecule has 2 saturated heterocycles. The van der Waals surface area contributed by atoms with Gasteiger partial charge < -0.3 is 14.9 Å². The van der Waals surface area contributed by atoms with Crippen molar-refractivity contribution in [2.75, 3.05) is 13.1 Å². The van der Waals surface area contributed by atoms with E-state index in [-0.39, 0.29) is 18.0 Å². The van der Waals surface area contributed by atoms with Crippen molar-refractivity contribution in [3.63, 3.8) is 0 Å². The normalized spacial score (nSPS) is 36.0. The fourth-order valence-corrected chi connectivity index (χ4v) is 3.68. The number of aliphatic carboxylic acids is 1. The third kappa shape index (κ3) is 1.85. The minimum absolute atomic E-state index is 0.149. The monoisotopic (exact) mass is 252 g/mol. The molecule has 2 aliphatic heterocycles. The van der Waals surface area contributed by atoms with Gasteiger partial charge in [0.05, 0.1) is 12.0 Å². The first-order valence-corrected chi connectivity index (χ1v) is 6.97. The number of urea groups is 1. The fourth-order valence-electron chi connectivity index (χ4n) is 3.68. The first-order chi connectivity index (χ1) is 8.66. The molecule has 0 aromatic carbocycles. The summed E-state index contributed by atoms with van der Waals surface area (Å²) in [5, 5.41) is 9.03. The molecule has 1 saturated carbocycles. The highest BCUT2D eigenvalue weighted by molar-refractivity contribution is 5.78. The first kappa shape index (κ1) is 11.8. The third-order valence-electron chi connectivity index (χ3n) is 4.72. The second-order valence-corrected chi connectivity index (χ2v) is 5.78. The van der Waals surface area contributed by atoms with Gasteiger partial charge in [0.15, 0.2) is 0 Å². The van der Waals surface area contributed by atoms with Crippen LogP contribution in [-0.4, -0.2) is 52.1 Å². The Hall–Kier alpha value is -1.26. The van der Waals surface area contributed by atoms with Crippen LogP contribution in [0.25, 0.3) is 0 Å². The van der Waals surface area contributed by atoms with Crippen molar-refractivity contribution in [2.45, 2.75) is 50.6 Å². The molecule has 3 fully saturated rings. The van der Waals surface area contributed by atoms with Crippen molar-refractivity contribution in [1.82, 2.24) is 9.80 Å². The van der Waals surface area contributed by atoms with E-state index in [1.165, 1.54) is 6.42 Å². The lowest BCUT2D eigenvalue weighted by molar-refractivity contribution is -0.141. The van der Waals surface area contributed by atoms with Crippen molar-refractivity contribution < 1.29 is 14.7 Å². The van der Waals surface area contributed by atoms with Crippen LogP contribution < -0.4 is 0 Å². The largest absolute Gasteiger partial charge is 0.481 e. The number of carboxylic acids is 1. The standard InChI is InChI=1S/C13H20N2O3/c16-12(17)9-4-5-10(7-9)15-8-11-3-1-2-6-14(11)13(15)18/h9-11H,1-8H2,(H,16,17)/t9?,10?,11-/m0/s1. The maximum absolute atomic E-state index is 12.3. The van der Waals surface area contributed by atoms with E-state index in [2.05, 4.69) is 0 Å². The molecule has 2 heterocycles. The first-order valence-electron chi connectivity index (χ1n) is 6.97. The summed E-state index contributed by atoms with van der Waals surface area (Å²) >= 11 is 0. The fraction of sp³-hybridized carbons (Fsp3) is 0.846. The maximum Gasteiger partial charge on any atom is 0.320 e. The van der Waals surface area contributed by atoms with Crippen LogP contribution in [0, 0.1) is 5.92 Å². The van der Waals surface area contributed by atoms with Crippen molar-refractivity contribution in [3.05, 3.63) is 0 Å². The van der Waals surface area contributed by atoms with Crippen LogP contribution in [0.2, 0.25) is 0 Å². The Kier molecular flexibility index (Phi) is 2.92. The second kappa shape index (κ2) is 4.44. The van der Waals surface area contributed by atoms with Crippen LogP contribution in [0.4, 0.5) is 4.79 Å². The van der Waals surface area contributed by atoms with Crippen molar-refractivity contribution in [3.8, 4) is 0 Å². The van der Waals surface area contributed by atoms with Crippen LogP contribution >= 0.6 is 0 Å². The lowest BCUT2D eigenvalue weighted by atomic mass is 10.0. The number of carboxylic acid groups (broad SMARTS) is 1.